The van der Waals surface area contributed by atoms with E-state index in [1.807, 2.05) is 0 Å². The van der Waals surface area contributed by atoms with Crippen molar-refractivity contribution in [2.45, 2.75) is 71.0 Å². The molecule has 3 aliphatic rings. The third-order valence-corrected chi connectivity index (χ3v) is 8.35. The molecular formula is C25H35F2NO5. The SMILES string of the molecule is COC[C@@H]1OC[C@@]2(C)[C@@H]3CC[C@@H](O)[C@@H](CC(=O)NCc4cc(F)cc(F)c4)[C@]3(C)CC[C@@H]2O1. The van der Waals surface area contributed by atoms with Gasteiger partial charge in [-0.3, -0.25) is 4.79 Å². The highest BCUT2D eigenvalue weighted by Gasteiger charge is 2.61. The average molecular weight is 468 g/mol. The molecule has 184 valence electrons. The fourth-order valence-corrected chi connectivity index (χ4v) is 6.70. The van der Waals surface area contributed by atoms with Gasteiger partial charge in [0.05, 0.1) is 25.4 Å². The summed E-state index contributed by atoms with van der Waals surface area (Å²) < 4.78 is 44.3. The number of benzene rings is 1. The van der Waals surface area contributed by atoms with Crippen molar-refractivity contribution in [2.75, 3.05) is 20.3 Å². The van der Waals surface area contributed by atoms with Gasteiger partial charge in [-0.05, 0) is 60.6 Å². The van der Waals surface area contributed by atoms with Gasteiger partial charge in [-0.1, -0.05) is 13.8 Å². The number of nitrogens with one attached hydrogen (secondary N) is 1. The van der Waals surface area contributed by atoms with Crippen LogP contribution < -0.4 is 5.32 Å². The number of hydrogen-bond acceptors (Lipinski definition) is 5. The molecule has 4 rings (SSSR count). The van der Waals surface area contributed by atoms with Crippen molar-refractivity contribution in [2.24, 2.45) is 22.7 Å². The van der Waals surface area contributed by atoms with Gasteiger partial charge < -0.3 is 24.6 Å². The summed E-state index contributed by atoms with van der Waals surface area (Å²) in [6.45, 7) is 5.38. The van der Waals surface area contributed by atoms with Crippen LogP contribution in [0.1, 0.15) is 51.5 Å². The van der Waals surface area contributed by atoms with E-state index in [4.69, 9.17) is 14.2 Å². The van der Waals surface area contributed by atoms with Crippen LogP contribution in [0.25, 0.3) is 0 Å². The normalized spacial score (nSPS) is 38.3. The first kappa shape index (κ1) is 24.5. The summed E-state index contributed by atoms with van der Waals surface area (Å²) in [7, 11) is 1.63. The third kappa shape index (κ3) is 4.81. The molecule has 8 heteroatoms. The van der Waals surface area contributed by atoms with E-state index in [0.29, 0.717) is 25.2 Å². The highest BCUT2D eigenvalue weighted by atomic mass is 19.1. The fourth-order valence-electron chi connectivity index (χ4n) is 6.70. The first-order chi connectivity index (χ1) is 15.7. The minimum Gasteiger partial charge on any atom is -0.393 e. The molecule has 0 unspecified atom stereocenters. The van der Waals surface area contributed by atoms with E-state index < -0.39 is 17.7 Å². The van der Waals surface area contributed by atoms with Crippen LogP contribution in [0.4, 0.5) is 8.78 Å². The lowest BCUT2D eigenvalue weighted by atomic mass is 9.46. The molecule has 7 atom stereocenters. The molecule has 1 heterocycles. The van der Waals surface area contributed by atoms with Crippen molar-refractivity contribution in [3.05, 3.63) is 35.4 Å². The summed E-state index contributed by atoms with van der Waals surface area (Å²) in [4.78, 5) is 12.8. The van der Waals surface area contributed by atoms with E-state index in [-0.39, 0.29) is 53.9 Å². The molecule has 0 aromatic heterocycles. The molecule has 0 radical (unpaired) electrons. The van der Waals surface area contributed by atoms with Crippen LogP contribution in [0.5, 0.6) is 0 Å². The smallest absolute Gasteiger partial charge is 0.220 e. The monoisotopic (exact) mass is 467 g/mol. The molecule has 0 spiro atoms. The first-order valence-corrected chi connectivity index (χ1v) is 11.8. The Balaban J connectivity index is 1.45. The van der Waals surface area contributed by atoms with E-state index in [1.54, 1.807) is 7.11 Å². The lowest BCUT2D eigenvalue weighted by Gasteiger charge is -2.62. The summed E-state index contributed by atoms with van der Waals surface area (Å²) >= 11 is 0. The van der Waals surface area contributed by atoms with Crippen LogP contribution in [0.3, 0.4) is 0 Å². The molecule has 3 fully saturated rings. The lowest BCUT2D eigenvalue weighted by Crippen LogP contribution is -2.63. The van der Waals surface area contributed by atoms with E-state index in [1.165, 1.54) is 12.1 Å². The van der Waals surface area contributed by atoms with Gasteiger partial charge in [-0.2, -0.15) is 0 Å². The molecule has 0 bridgehead atoms. The van der Waals surface area contributed by atoms with Crippen molar-refractivity contribution in [3.8, 4) is 0 Å². The van der Waals surface area contributed by atoms with Crippen molar-refractivity contribution >= 4 is 5.91 Å². The lowest BCUT2D eigenvalue weighted by molar-refractivity contribution is -0.315. The highest BCUT2D eigenvalue weighted by molar-refractivity contribution is 5.76. The molecule has 1 aromatic carbocycles. The maximum absolute atomic E-state index is 13.4. The molecule has 1 aliphatic heterocycles. The largest absolute Gasteiger partial charge is 0.393 e. The van der Waals surface area contributed by atoms with Crippen molar-refractivity contribution in [1.29, 1.82) is 0 Å². The molecule has 2 aliphatic carbocycles. The summed E-state index contributed by atoms with van der Waals surface area (Å²) in [6, 6.07) is 3.22. The number of methoxy groups -OCH3 is 1. The Kier molecular flexibility index (Phi) is 7.10. The Morgan fingerprint density at radius 2 is 1.91 bits per heavy atom. The van der Waals surface area contributed by atoms with E-state index >= 15 is 0 Å². The molecule has 1 saturated heterocycles. The van der Waals surface area contributed by atoms with Gasteiger partial charge in [0.1, 0.15) is 11.6 Å². The van der Waals surface area contributed by atoms with E-state index in [9.17, 15) is 18.7 Å². The topological polar surface area (TPSA) is 77.0 Å². The van der Waals surface area contributed by atoms with Crippen LogP contribution in [-0.2, 0) is 25.5 Å². The maximum Gasteiger partial charge on any atom is 0.220 e. The molecular weight excluding hydrogens is 432 g/mol. The molecule has 6 nitrogen and oxygen atoms in total. The standard InChI is InChI=1S/C25H35F2NO5/c1-24-7-6-21-25(2,14-32-23(33-21)13-31-3)20(24)5-4-19(29)18(24)11-22(30)28-12-15-8-16(26)10-17(27)9-15/h8-10,18-21,23,29H,4-7,11-14H2,1-3H3,(H,28,30)/t18-,19-,20-,21+,23-,24+,25+/m1/s1. The molecule has 1 aromatic rings. The number of halogens is 2. The number of carbonyl (C=O) groups is 1. The number of hydrogen-bond donors (Lipinski definition) is 2. The molecule has 2 N–H and O–H groups in total. The predicted molar refractivity (Wildman–Crippen MR) is 117 cm³/mol. The van der Waals surface area contributed by atoms with Crippen LogP contribution >= 0.6 is 0 Å². The number of ether oxygens (including phenoxy) is 3. The Morgan fingerprint density at radius 3 is 2.61 bits per heavy atom. The maximum atomic E-state index is 13.4. The Labute approximate surface area is 194 Å². The zero-order chi connectivity index (χ0) is 23.8. The number of amides is 1. The number of carbonyl (C=O) groups excluding carboxylic acids is 1. The van der Waals surface area contributed by atoms with Crippen molar-refractivity contribution < 1.29 is 32.9 Å². The second-order valence-electron chi connectivity index (χ2n) is 10.4. The summed E-state index contributed by atoms with van der Waals surface area (Å²) in [6.07, 6.45) is 2.45. The van der Waals surface area contributed by atoms with Crippen LogP contribution in [-0.4, -0.2) is 49.8 Å². The summed E-state index contributed by atoms with van der Waals surface area (Å²) in [5.74, 6) is -1.55. The minimum absolute atomic E-state index is 0.0405. The molecule has 2 saturated carbocycles. The quantitative estimate of drug-likeness (QED) is 0.669. The second-order valence-corrected chi connectivity index (χ2v) is 10.4. The van der Waals surface area contributed by atoms with E-state index in [2.05, 4.69) is 19.2 Å². The number of aliphatic hydroxyl groups excluding tert-OH is 1. The third-order valence-electron chi connectivity index (χ3n) is 8.35. The second kappa shape index (κ2) is 9.56. The van der Waals surface area contributed by atoms with Crippen molar-refractivity contribution in [3.63, 3.8) is 0 Å². The number of rotatable bonds is 6. The Hall–Kier alpha value is -1.61. The fraction of sp³-hybridized carbons (Fsp3) is 0.720. The van der Waals surface area contributed by atoms with E-state index in [0.717, 1.165) is 25.3 Å². The van der Waals surface area contributed by atoms with Gasteiger partial charge in [0, 0.05) is 31.6 Å². The van der Waals surface area contributed by atoms with Crippen LogP contribution in [0, 0.1) is 34.3 Å². The number of fused-ring (bicyclic) bond motifs is 3. The van der Waals surface area contributed by atoms with Gasteiger partial charge in [0.25, 0.3) is 0 Å². The van der Waals surface area contributed by atoms with Gasteiger partial charge in [0.2, 0.25) is 5.91 Å². The van der Waals surface area contributed by atoms with Gasteiger partial charge >= 0.3 is 0 Å². The van der Waals surface area contributed by atoms with Crippen LogP contribution in [0.15, 0.2) is 18.2 Å². The zero-order valence-corrected chi connectivity index (χ0v) is 19.6. The van der Waals surface area contributed by atoms with Gasteiger partial charge in [-0.25, -0.2) is 8.78 Å². The highest BCUT2D eigenvalue weighted by Crippen LogP contribution is 2.62. The predicted octanol–water partition coefficient (Wildman–Crippen LogP) is 3.55. The first-order valence-electron chi connectivity index (χ1n) is 11.8. The summed E-state index contributed by atoms with van der Waals surface area (Å²) in [5, 5.41) is 13.7. The van der Waals surface area contributed by atoms with Gasteiger partial charge in [0.15, 0.2) is 6.29 Å². The summed E-state index contributed by atoms with van der Waals surface area (Å²) in [5.41, 5.74) is -0.0821. The average Bonchev–Trinajstić information content (AvgIpc) is 2.75. The molecule has 33 heavy (non-hydrogen) atoms. The molecule has 1 amide bonds. The Bertz CT molecular complexity index is 849. The van der Waals surface area contributed by atoms with Gasteiger partial charge in [-0.15, -0.1) is 0 Å². The number of aliphatic hydroxyl groups is 1. The minimum atomic E-state index is -0.674. The zero-order valence-electron chi connectivity index (χ0n) is 19.6. The van der Waals surface area contributed by atoms with Crippen LogP contribution in [0.2, 0.25) is 0 Å². The van der Waals surface area contributed by atoms with Crippen molar-refractivity contribution in [1.82, 2.24) is 5.32 Å². The Morgan fingerprint density at radius 1 is 1.18 bits per heavy atom.